The maximum atomic E-state index is 12.4. The van der Waals surface area contributed by atoms with Crippen LogP contribution in [0.1, 0.15) is 62.7 Å². The van der Waals surface area contributed by atoms with Crippen LogP contribution >= 0.6 is 0 Å². The molecule has 0 radical (unpaired) electrons. The molecule has 2 rings (SSSR count). The van der Waals surface area contributed by atoms with Gasteiger partial charge in [-0.05, 0) is 42.8 Å². The Kier molecular flexibility index (Phi) is 9.05. The highest BCUT2D eigenvalue weighted by molar-refractivity contribution is 5.91. The third kappa shape index (κ3) is 7.43. The first-order valence-corrected chi connectivity index (χ1v) is 9.82. The van der Waals surface area contributed by atoms with Crippen LogP contribution in [0, 0.1) is 0 Å². The minimum absolute atomic E-state index is 0.363. The maximum absolute atomic E-state index is 12.4. The summed E-state index contributed by atoms with van der Waals surface area (Å²) in [6.07, 6.45) is 7.11. The van der Waals surface area contributed by atoms with E-state index in [1.807, 2.05) is 6.07 Å². The minimum Gasteiger partial charge on any atom is -0.490 e. The summed E-state index contributed by atoms with van der Waals surface area (Å²) in [5.41, 5.74) is 0.363. The Labute approximate surface area is 166 Å². The normalized spacial score (nSPS) is 10.4. The highest BCUT2D eigenvalue weighted by atomic mass is 16.6. The number of hydrogen-bond acceptors (Lipinski definition) is 5. The lowest BCUT2D eigenvalue weighted by Crippen LogP contribution is -2.10. The number of carbonyl (C=O) groups is 2. The second kappa shape index (κ2) is 11.8. The molecule has 0 spiro atoms. The van der Waals surface area contributed by atoms with E-state index >= 15 is 0 Å². The number of esters is 2. The summed E-state index contributed by atoms with van der Waals surface area (Å²) in [6.45, 7) is 4.12. The summed E-state index contributed by atoms with van der Waals surface area (Å²) in [7, 11) is 0. The second-order valence-corrected chi connectivity index (χ2v) is 6.57. The Morgan fingerprint density at radius 1 is 0.786 bits per heavy atom. The lowest BCUT2D eigenvalue weighted by atomic mass is 10.1. The van der Waals surface area contributed by atoms with Gasteiger partial charge in [-0.15, -0.1) is 0 Å². The molecule has 0 saturated heterocycles. The van der Waals surface area contributed by atoms with Crippen molar-refractivity contribution in [3.05, 3.63) is 54.1 Å². The molecular formula is C23H28O5. The molecule has 0 aliphatic carbocycles. The van der Waals surface area contributed by atoms with Crippen molar-refractivity contribution in [3.8, 4) is 17.2 Å². The smallest absolute Gasteiger partial charge is 0.343 e. The first-order chi connectivity index (χ1) is 13.6. The summed E-state index contributed by atoms with van der Waals surface area (Å²) in [6, 6.07) is 13.4. The van der Waals surface area contributed by atoms with Gasteiger partial charge in [-0.1, -0.05) is 51.2 Å². The van der Waals surface area contributed by atoms with Crippen molar-refractivity contribution in [2.24, 2.45) is 0 Å². The van der Waals surface area contributed by atoms with Crippen molar-refractivity contribution in [2.45, 2.75) is 52.4 Å². The van der Waals surface area contributed by atoms with Gasteiger partial charge in [0.15, 0.2) is 11.5 Å². The quantitative estimate of drug-likeness (QED) is 0.288. The monoisotopic (exact) mass is 384 g/mol. The molecule has 0 aromatic heterocycles. The van der Waals surface area contributed by atoms with Crippen molar-refractivity contribution in [3.63, 3.8) is 0 Å². The van der Waals surface area contributed by atoms with Crippen LogP contribution in [0.4, 0.5) is 0 Å². The number of hydrogen-bond donors (Lipinski definition) is 0. The van der Waals surface area contributed by atoms with Gasteiger partial charge in [-0.3, -0.25) is 4.79 Å². The van der Waals surface area contributed by atoms with Gasteiger partial charge in [0.2, 0.25) is 0 Å². The van der Waals surface area contributed by atoms with E-state index in [0.29, 0.717) is 29.4 Å². The SMILES string of the molecule is CCCCCCCCOc1ccccc1OC(=O)c1ccc(OC(C)=O)cc1. The number of rotatable bonds is 11. The van der Waals surface area contributed by atoms with Gasteiger partial charge in [0.25, 0.3) is 0 Å². The minimum atomic E-state index is -0.495. The predicted molar refractivity (Wildman–Crippen MR) is 108 cm³/mol. The van der Waals surface area contributed by atoms with E-state index in [2.05, 4.69) is 6.92 Å². The van der Waals surface area contributed by atoms with Gasteiger partial charge >= 0.3 is 11.9 Å². The first kappa shape index (κ1) is 21.5. The molecule has 0 fully saturated rings. The first-order valence-electron chi connectivity index (χ1n) is 9.82. The highest BCUT2D eigenvalue weighted by Gasteiger charge is 2.13. The topological polar surface area (TPSA) is 61.8 Å². The Balaban J connectivity index is 1.87. The van der Waals surface area contributed by atoms with Gasteiger partial charge in [0.05, 0.1) is 12.2 Å². The van der Waals surface area contributed by atoms with E-state index in [0.717, 1.165) is 12.8 Å². The van der Waals surface area contributed by atoms with E-state index in [-0.39, 0.29) is 0 Å². The Bertz CT molecular complexity index is 752. The molecule has 0 saturated carbocycles. The number of para-hydroxylation sites is 2. The summed E-state index contributed by atoms with van der Waals surface area (Å²) in [5.74, 6) is 0.423. The summed E-state index contributed by atoms with van der Waals surface area (Å²) < 4.78 is 16.3. The number of benzene rings is 2. The molecule has 0 unspecified atom stereocenters. The van der Waals surface area contributed by atoms with Crippen LogP contribution in [0.3, 0.4) is 0 Å². The summed E-state index contributed by atoms with van der Waals surface area (Å²) in [5, 5.41) is 0. The maximum Gasteiger partial charge on any atom is 0.343 e. The molecule has 0 amide bonds. The average Bonchev–Trinajstić information content (AvgIpc) is 2.68. The molecule has 2 aromatic rings. The standard InChI is InChI=1S/C23H28O5/c1-3-4-5-6-7-10-17-26-21-11-8-9-12-22(21)28-23(25)19-13-15-20(16-14-19)27-18(2)24/h8-9,11-16H,3-7,10,17H2,1-2H3. The fraction of sp³-hybridized carbons (Fsp3) is 0.391. The van der Waals surface area contributed by atoms with Crippen LogP contribution in [0.5, 0.6) is 17.2 Å². The fourth-order valence-electron chi connectivity index (χ4n) is 2.70. The van der Waals surface area contributed by atoms with Crippen molar-refractivity contribution >= 4 is 11.9 Å². The number of carbonyl (C=O) groups excluding carboxylic acids is 2. The molecule has 0 bridgehead atoms. The molecule has 0 heterocycles. The summed E-state index contributed by atoms with van der Waals surface area (Å²) in [4.78, 5) is 23.3. The van der Waals surface area contributed by atoms with E-state index in [1.54, 1.807) is 42.5 Å². The average molecular weight is 384 g/mol. The third-order valence-electron chi connectivity index (χ3n) is 4.16. The van der Waals surface area contributed by atoms with Gasteiger partial charge in [0, 0.05) is 6.92 Å². The predicted octanol–water partition coefficient (Wildman–Crippen LogP) is 5.57. The molecule has 28 heavy (non-hydrogen) atoms. The Hall–Kier alpha value is -2.82. The van der Waals surface area contributed by atoms with Gasteiger partial charge in [-0.2, -0.15) is 0 Å². The zero-order valence-corrected chi connectivity index (χ0v) is 16.6. The molecule has 0 atom stereocenters. The zero-order valence-electron chi connectivity index (χ0n) is 16.6. The van der Waals surface area contributed by atoms with Crippen molar-refractivity contribution in [1.29, 1.82) is 0 Å². The van der Waals surface area contributed by atoms with Gasteiger partial charge in [-0.25, -0.2) is 4.79 Å². The lowest BCUT2D eigenvalue weighted by Gasteiger charge is -2.12. The third-order valence-corrected chi connectivity index (χ3v) is 4.16. The van der Waals surface area contributed by atoms with Crippen LogP contribution in [-0.4, -0.2) is 18.5 Å². The van der Waals surface area contributed by atoms with Crippen molar-refractivity contribution in [2.75, 3.05) is 6.61 Å². The lowest BCUT2D eigenvalue weighted by molar-refractivity contribution is -0.131. The van der Waals surface area contributed by atoms with E-state index in [9.17, 15) is 9.59 Å². The molecular weight excluding hydrogens is 356 g/mol. The van der Waals surface area contributed by atoms with Gasteiger partial charge < -0.3 is 14.2 Å². The highest BCUT2D eigenvalue weighted by Crippen LogP contribution is 2.28. The molecule has 2 aromatic carbocycles. The van der Waals surface area contributed by atoms with Crippen molar-refractivity contribution < 1.29 is 23.8 Å². The van der Waals surface area contributed by atoms with Crippen LogP contribution in [0.15, 0.2) is 48.5 Å². The van der Waals surface area contributed by atoms with Crippen LogP contribution in [0.2, 0.25) is 0 Å². The van der Waals surface area contributed by atoms with Crippen LogP contribution in [0.25, 0.3) is 0 Å². The molecule has 5 heteroatoms. The Morgan fingerprint density at radius 2 is 1.43 bits per heavy atom. The summed E-state index contributed by atoms with van der Waals surface area (Å²) >= 11 is 0. The molecule has 0 N–H and O–H groups in total. The molecule has 5 nitrogen and oxygen atoms in total. The second-order valence-electron chi connectivity index (χ2n) is 6.57. The largest absolute Gasteiger partial charge is 0.490 e. The van der Waals surface area contributed by atoms with Gasteiger partial charge in [0.1, 0.15) is 5.75 Å². The fourth-order valence-corrected chi connectivity index (χ4v) is 2.70. The number of unbranched alkanes of at least 4 members (excludes halogenated alkanes) is 5. The van der Waals surface area contributed by atoms with Crippen LogP contribution in [-0.2, 0) is 4.79 Å². The van der Waals surface area contributed by atoms with E-state index < -0.39 is 11.9 Å². The van der Waals surface area contributed by atoms with E-state index in [4.69, 9.17) is 14.2 Å². The van der Waals surface area contributed by atoms with E-state index in [1.165, 1.54) is 32.6 Å². The Morgan fingerprint density at radius 3 is 2.11 bits per heavy atom. The van der Waals surface area contributed by atoms with Crippen molar-refractivity contribution in [1.82, 2.24) is 0 Å². The zero-order chi connectivity index (χ0) is 20.2. The molecule has 0 aliphatic rings. The number of ether oxygens (including phenoxy) is 3. The molecule has 0 aliphatic heterocycles. The van der Waals surface area contributed by atoms with Crippen LogP contribution < -0.4 is 14.2 Å². The molecule has 150 valence electrons.